The molecule has 0 aliphatic carbocycles. The number of aryl methyl sites for hydroxylation is 1. The van der Waals surface area contributed by atoms with Crippen molar-refractivity contribution in [3.05, 3.63) is 57.5 Å². The zero-order chi connectivity index (χ0) is 18.4. The highest BCUT2D eigenvalue weighted by Gasteiger charge is 2.23. The average molecular weight is 354 g/mol. The number of anilines is 1. The monoisotopic (exact) mass is 354 g/mol. The first-order chi connectivity index (χ1) is 12.0. The molecule has 25 heavy (non-hydrogen) atoms. The molecule has 2 aromatic rings. The van der Waals surface area contributed by atoms with Crippen LogP contribution < -0.4 is 5.32 Å². The Hall–Kier alpha value is -2.91. The minimum Gasteiger partial charge on any atom is -0.462 e. The number of nitriles is 1. The minimum atomic E-state index is -0.557. The van der Waals surface area contributed by atoms with Gasteiger partial charge in [-0.3, -0.25) is 4.79 Å². The minimum absolute atomic E-state index is 0.0373. The fourth-order valence-electron chi connectivity index (χ4n) is 2.20. The summed E-state index contributed by atoms with van der Waals surface area (Å²) >= 11 is 1.29. The first-order valence-electron chi connectivity index (χ1n) is 7.73. The Labute approximate surface area is 150 Å². The number of benzene rings is 1. The molecule has 1 amide bonds. The van der Waals surface area contributed by atoms with Crippen LogP contribution in [0.2, 0.25) is 0 Å². The largest absolute Gasteiger partial charge is 0.462 e. The molecule has 0 spiro atoms. The van der Waals surface area contributed by atoms with E-state index in [1.807, 2.05) is 31.2 Å². The Kier molecular flexibility index (Phi) is 6.09. The molecule has 5 nitrogen and oxygen atoms in total. The van der Waals surface area contributed by atoms with Crippen molar-refractivity contribution in [2.45, 2.75) is 20.8 Å². The first kappa shape index (κ1) is 18.4. The number of hydrogen-bond donors (Lipinski definition) is 1. The second-order valence-electron chi connectivity index (χ2n) is 5.24. The number of ether oxygens (including phenoxy) is 1. The lowest BCUT2D eigenvalue weighted by Crippen LogP contribution is -2.16. The molecule has 0 aliphatic rings. The molecule has 2 rings (SSSR count). The van der Waals surface area contributed by atoms with Gasteiger partial charge in [0.1, 0.15) is 16.6 Å². The molecule has 0 radical (unpaired) electrons. The lowest BCUT2D eigenvalue weighted by atomic mass is 10.1. The van der Waals surface area contributed by atoms with Crippen LogP contribution in [-0.4, -0.2) is 18.5 Å². The Morgan fingerprint density at radius 1 is 1.28 bits per heavy atom. The lowest BCUT2D eigenvalue weighted by Gasteiger charge is -2.06. The zero-order valence-corrected chi connectivity index (χ0v) is 15.1. The van der Waals surface area contributed by atoms with Crippen molar-refractivity contribution in [3.8, 4) is 6.07 Å². The summed E-state index contributed by atoms with van der Waals surface area (Å²) in [4.78, 5) is 25.5. The van der Waals surface area contributed by atoms with Gasteiger partial charge in [0.2, 0.25) is 0 Å². The summed E-state index contributed by atoms with van der Waals surface area (Å²) in [7, 11) is 0. The van der Waals surface area contributed by atoms with Gasteiger partial charge in [-0.15, -0.1) is 11.3 Å². The van der Waals surface area contributed by atoms with Crippen molar-refractivity contribution in [2.24, 2.45) is 0 Å². The molecule has 0 fully saturated rings. The highest BCUT2D eigenvalue weighted by molar-refractivity contribution is 7.16. The van der Waals surface area contributed by atoms with Crippen LogP contribution in [0.4, 0.5) is 5.00 Å². The summed E-state index contributed by atoms with van der Waals surface area (Å²) in [6.07, 6.45) is 1.51. The van der Waals surface area contributed by atoms with Crippen molar-refractivity contribution in [1.82, 2.24) is 0 Å². The smallest absolute Gasteiger partial charge is 0.341 e. The predicted molar refractivity (Wildman–Crippen MR) is 98.4 cm³/mol. The van der Waals surface area contributed by atoms with E-state index in [4.69, 9.17) is 4.74 Å². The molecule has 1 aromatic carbocycles. The van der Waals surface area contributed by atoms with E-state index in [9.17, 15) is 14.9 Å². The quantitative estimate of drug-likeness (QED) is 0.498. The zero-order valence-electron chi connectivity index (χ0n) is 14.3. The summed E-state index contributed by atoms with van der Waals surface area (Å²) in [6, 6.07) is 11.0. The summed E-state index contributed by atoms with van der Waals surface area (Å²) in [5, 5.41) is 12.4. The van der Waals surface area contributed by atoms with Gasteiger partial charge in [0.25, 0.3) is 5.91 Å². The molecule has 0 saturated carbocycles. The van der Waals surface area contributed by atoms with E-state index in [-0.39, 0.29) is 12.2 Å². The number of amides is 1. The number of esters is 1. The van der Waals surface area contributed by atoms with Crippen LogP contribution in [0.1, 0.15) is 33.3 Å². The van der Waals surface area contributed by atoms with Gasteiger partial charge in [0.15, 0.2) is 0 Å². The number of rotatable bonds is 5. The number of carbonyl (C=O) groups is 2. The summed E-state index contributed by atoms with van der Waals surface area (Å²) in [5.74, 6) is -1.04. The number of thiophene rings is 1. The van der Waals surface area contributed by atoms with Crippen LogP contribution in [-0.2, 0) is 9.53 Å². The van der Waals surface area contributed by atoms with Gasteiger partial charge >= 0.3 is 5.97 Å². The second-order valence-corrected chi connectivity index (χ2v) is 6.47. The molecule has 0 aliphatic heterocycles. The molecule has 6 heteroatoms. The van der Waals surface area contributed by atoms with Crippen molar-refractivity contribution in [2.75, 3.05) is 11.9 Å². The maximum atomic E-state index is 12.5. The number of hydrogen-bond acceptors (Lipinski definition) is 5. The summed E-state index contributed by atoms with van der Waals surface area (Å²) in [5.41, 5.74) is 1.82. The van der Waals surface area contributed by atoms with E-state index >= 15 is 0 Å². The van der Waals surface area contributed by atoms with Crippen molar-refractivity contribution in [1.29, 1.82) is 5.26 Å². The second kappa shape index (κ2) is 8.27. The maximum absolute atomic E-state index is 12.5. The topological polar surface area (TPSA) is 79.2 Å². The fraction of sp³-hybridized carbons (Fsp3) is 0.211. The highest BCUT2D eigenvalue weighted by atomic mass is 32.1. The first-order valence-corrected chi connectivity index (χ1v) is 8.54. The maximum Gasteiger partial charge on any atom is 0.341 e. The molecule has 1 N–H and O–H groups in total. The van der Waals surface area contributed by atoms with Gasteiger partial charge in [0.05, 0.1) is 12.2 Å². The molecule has 128 valence electrons. The van der Waals surface area contributed by atoms with Crippen LogP contribution in [0.5, 0.6) is 0 Å². The lowest BCUT2D eigenvalue weighted by molar-refractivity contribution is -0.112. The standard InChI is InChI=1S/C19H18N2O3S/c1-4-24-19(23)16-12(2)13(3)25-18(16)21-17(22)15(11-20)10-14-8-6-5-7-9-14/h5-10H,4H2,1-3H3,(H,21,22)/b15-10+. The molecule has 1 aromatic heterocycles. The molecule has 0 atom stereocenters. The van der Waals surface area contributed by atoms with Crippen LogP contribution in [0.3, 0.4) is 0 Å². The van der Waals surface area contributed by atoms with Crippen LogP contribution in [0.15, 0.2) is 35.9 Å². The van der Waals surface area contributed by atoms with Crippen LogP contribution in [0, 0.1) is 25.2 Å². The van der Waals surface area contributed by atoms with Gasteiger partial charge in [-0.25, -0.2) is 4.79 Å². The Morgan fingerprint density at radius 2 is 1.96 bits per heavy atom. The van der Waals surface area contributed by atoms with Crippen molar-refractivity contribution in [3.63, 3.8) is 0 Å². The van der Waals surface area contributed by atoms with E-state index in [1.165, 1.54) is 17.4 Å². The van der Waals surface area contributed by atoms with Gasteiger partial charge in [-0.2, -0.15) is 5.26 Å². The fourth-order valence-corrected chi connectivity index (χ4v) is 3.24. The van der Waals surface area contributed by atoms with Gasteiger partial charge in [0, 0.05) is 4.88 Å². The van der Waals surface area contributed by atoms with Crippen LogP contribution in [0.25, 0.3) is 6.08 Å². The summed E-state index contributed by atoms with van der Waals surface area (Å²) in [6.45, 7) is 5.64. The van der Waals surface area contributed by atoms with E-state index in [1.54, 1.807) is 26.0 Å². The third-order valence-corrected chi connectivity index (χ3v) is 4.69. The SMILES string of the molecule is CCOC(=O)c1c(NC(=O)/C(C#N)=C/c2ccccc2)sc(C)c1C. The molecule has 0 unspecified atom stereocenters. The van der Waals surface area contributed by atoms with Crippen LogP contribution >= 0.6 is 11.3 Å². The predicted octanol–water partition coefficient (Wildman–Crippen LogP) is 4.09. The van der Waals surface area contributed by atoms with Crippen molar-refractivity contribution >= 4 is 34.3 Å². The molecule has 1 heterocycles. The third-order valence-electron chi connectivity index (χ3n) is 3.57. The summed E-state index contributed by atoms with van der Waals surface area (Å²) < 4.78 is 5.06. The normalized spacial score (nSPS) is 10.9. The van der Waals surface area contributed by atoms with Gasteiger partial charge in [-0.1, -0.05) is 30.3 Å². The Bertz CT molecular complexity index is 861. The van der Waals surface area contributed by atoms with E-state index in [2.05, 4.69) is 5.32 Å². The van der Waals surface area contributed by atoms with E-state index in [0.717, 1.165) is 16.0 Å². The Balaban J connectivity index is 2.31. The average Bonchev–Trinajstić information content (AvgIpc) is 2.87. The van der Waals surface area contributed by atoms with E-state index in [0.29, 0.717) is 10.6 Å². The van der Waals surface area contributed by atoms with Gasteiger partial charge in [-0.05, 0) is 38.0 Å². The molecular formula is C19H18N2O3S. The number of nitrogens with one attached hydrogen (secondary N) is 1. The van der Waals surface area contributed by atoms with Gasteiger partial charge < -0.3 is 10.1 Å². The van der Waals surface area contributed by atoms with E-state index < -0.39 is 11.9 Å². The molecular weight excluding hydrogens is 336 g/mol. The number of carbonyl (C=O) groups excluding carboxylic acids is 2. The Morgan fingerprint density at radius 3 is 2.56 bits per heavy atom. The molecule has 0 bridgehead atoms. The number of nitrogens with zero attached hydrogens (tertiary/aromatic N) is 1. The van der Waals surface area contributed by atoms with Crippen molar-refractivity contribution < 1.29 is 14.3 Å². The molecule has 0 saturated heterocycles. The third kappa shape index (κ3) is 4.34. The highest BCUT2D eigenvalue weighted by Crippen LogP contribution is 2.33.